The molecule has 3 aromatic carbocycles. The summed E-state index contributed by atoms with van der Waals surface area (Å²) in [7, 11) is 0. The molecule has 0 saturated carbocycles. The van der Waals surface area contributed by atoms with Crippen molar-refractivity contribution in [3.05, 3.63) is 94.9 Å². The Bertz CT molecular complexity index is 1460. The highest BCUT2D eigenvalue weighted by atomic mass is 19.1. The maximum absolute atomic E-state index is 13.6. The van der Waals surface area contributed by atoms with Crippen LogP contribution in [0.2, 0.25) is 0 Å². The van der Waals surface area contributed by atoms with Crippen LogP contribution >= 0.6 is 0 Å². The van der Waals surface area contributed by atoms with Crippen molar-refractivity contribution in [3.63, 3.8) is 0 Å². The second kappa shape index (κ2) is 9.47. The van der Waals surface area contributed by atoms with Gasteiger partial charge in [-0.3, -0.25) is 14.2 Å². The molecular formula is C28H25FN2O5. The van der Waals surface area contributed by atoms with Crippen molar-refractivity contribution >= 4 is 22.8 Å². The summed E-state index contributed by atoms with van der Waals surface area (Å²) in [5, 5.41) is 11.6. The normalized spacial score (nSPS) is 15.4. The second-order valence-electron chi connectivity index (χ2n) is 8.98. The molecule has 5 rings (SSSR count). The second-order valence-corrected chi connectivity index (χ2v) is 8.98. The fourth-order valence-electron chi connectivity index (χ4n) is 4.63. The first kappa shape index (κ1) is 23.6. The monoisotopic (exact) mass is 488 g/mol. The molecule has 184 valence electrons. The smallest absolute Gasteiger partial charge is 0.307 e. The summed E-state index contributed by atoms with van der Waals surface area (Å²) in [6.07, 6.45) is -0.110. The van der Waals surface area contributed by atoms with Crippen molar-refractivity contribution < 1.29 is 28.7 Å². The van der Waals surface area contributed by atoms with E-state index >= 15 is 0 Å². The Kier molecular flexibility index (Phi) is 6.20. The van der Waals surface area contributed by atoms with Crippen molar-refractivity contribution in [2.45, 2.75) is 26.2 Å². The molecule has 0 saturated heterocycles. The molecule has 0 spiro atoms. The minimum Gasteiger partial charge on any atom is -0.481 e. The molecule has 0 aliphatic carbocycles. The zero-order valence-electron chi connectivity index (χ0n) is 19.9. The molecule has 2 heterocycles. The number of aliphatic carboxylic acids is 1. The van der Waals surface area contributed by atoms with Crippen LogP contribution in [0.1, 0.15) is 40.0 Å². The summed E-state index contributed by atoms with van der Waals surface area (Å²) >= 11 is 0. The molecule has 1 N–H and O–H groups in total. The Morgan fingerprint density at radius 3 is 2.64 bits per heavy atom. The molecule has 8 heteroatoms. The molecule has 0 bridgehead atoms. The highest BCUT2D eigenvalue weighted by Crippen LogP contribution is 2.33. The number of halogens is 1. The van der Waals surface area contributed by atoms with E-state index in [9.17, 15) is 19.1 Å². The van der Waals surface area contributed by atoms with Crippen LogP contribution in [0.15, 0.2) is 66.7 Å². The largest absolute Gasteiger partial charge is 0.481 e. The lowest BCUT2D eigenvalue weighted by Gasteiger charge is -2.32. The predicted molar refractivity (Wildman–Crippen MR) is 132 cm³/mol. The van der Waals surface area contributed by atoms with Gasteiger partial charge in [-0.25, -0.2) is 4.39 Å². The minimum atomic E-state index is -0.921. The van der Waals surface area contributed by atoms with E-state index in [0.717, 1.165) is 16.6 Å². The number of carbonyl (C=O) groups is 2. The molecule has 1 aliphatic rings. The molecular weight excluding hydrogens is 463 g/mol. The molecule has 0 amide bonds. The molecule has 1 unspecified atom stereocenters. The third-order valence-electron chi connectivity index (χ3n) is 6.35. The number of fused-ring (bicyclic) bond motifs is 2. The fraction of sp³-hybridized carbons (Fsp3) is 0.214. The number of ether oxygens (including phenoxy) is 1. The standard InChI is InChI=1S/C28H25FN2O5/c1-17-15-30(36-26-14-21(29)8-11-23(17)26)16-35-22-9-6-19(7-10-22)28(34)31-18(2)12-24-20(13-27(32)33)4-3-5-25(24)31/h3-12,14,17H,13,15-16H2,1-2H3,(H,32,33). The van der Waals surface area contributed by atoms with Crippen molar-refractivity contribution in [2.75, 3.05) is 13.3 Å². The lowest BCUT2D eigenvalue weighted by atomic mass is 9.99. The van der Waals surface area contributed by atoms with Crippen molar-refractivity contribution in [2.24, 2.45) is 0 Å². The van der Waals surface area contributed by atoms with Crippen LogP contribution in [-0.2, 0) is 11.2 Å². The lowest BCUT2D eigenvalue weighted by molar-refractivity contribution is -0.136. The first-order valence-corrected chi connectivity index (χ1v) is 11.6. The van der Waals surface area contributed by atoms with E-state index in [0.29, 0.717) is 34.7 Å². The number of hydroxylamine groups is 2. The van der Waals surface area contributed by atoms with Gasteiger partial charge in [0.1, 0.15) is 11.6 Å². The van der Waals surface area contributed by atoms with Gasteiger partial charge in [-0.05, 0) is 55.0 Å². The van der Waals surface area contributed by atoms with Gasteiger partial charge in [0.15, 0.2) is 12.5 Å². The van der Waals surface area contributed by atoms with Gasteiger partial charge in [-0.1, -0.05) is 25.1 Å². The van der Waals surface area contributed by atoms with Crippen molar-refractivity contribution in [3.8, 4) is 11.5 Å². The third kappa shape index (κ3) is 4.55. The number of benzene rings is 3. The summed E-state index contributed by atoms with van der Waals surface area (Å²) in [6.45, 7) is 4.61. The molecule has 7 nitrogen and oxygen atoms in total. The maximum atomic E-state index is 13.6. The highest BCUT2D eigenvalue weighted by molar-refractivity contribution is 6.04. The summed E-state index contributed by atoms with van der Waals surface area (Å²) in [4.78, 5) is 30.3. The van der Waals surface area contributed by atoms with Gasteiger partial charge >= 0.3 is 5.97 Å². The van der Waals surface area contributed by atoms with E-state index in [-0.39, 0.29) is 30.8 Å². The van der Waals surface area contributed by atoms with E-state index in [4.69, 9.17) is 9.57 Å². The van der Waals surface area contributed by atoms with Crippen LogP contribution in [-0.4, -0.2) is 39.9 Å². The van der Waals surface area contributed by atoms with E-state index in [2.05, 4.69) is 0 Å². The first-order valence-electron chi connectivity index (χ1n) is 11.6. The summed E-state index contributed by atoms with van der Waals surface area (Å²) in [6, 6.07) is 18.5. The van der Waals surface area contributed by atoms with Gasteiger partial charge in [-0.15, -0.1) is 5.06 Å². The average Bonchev–Trinajstić information content (AvgIpc) is 3.19. The summed E-state index contributed by atoms with van der Waals surface area (Å²) in [5.74, 6) is -0.282. The van der Waals surface area contributed by atoms with E-state index in [1.165, 1.54) is 12.1 Å². The van der Waals surface area contributed by atoms with Crippen LogP contribution in [0.3, 0.4) is 0 Å². The van der Waals surface area contributed by atoms with E-state index in [1.54, 1.807) is 52.1 Å². The predicted octanol–water partition coefficient (Wildman–Crippen LogP) is 5.15. The molecule has 1 atom stereocenters. The van der Waals surface area contributed by atoms with Crippen LogP contribution in [0, 0.1) is 12.7 Å². The molecule has 1 aliphatic heterocycles. The molecule has 1 aromatic heterocycles. The summed E-state index contributed by atoms with van der Waals surface area (Å²) < 4.78 is 21.0. The fourth-order valence-corrected chi connectivity index (χ4v) is 4.63. The summed E-state index contributed by atoms with van der Waals surface area (Å²) in [5.41, 5.74) is 3.49. The number of rotatable bonds is 6. The third-order valence-corrected chi connectivity index (χ3v) is 6.35. The van der Waals surface area contributed by atoms with Crippen molar-refractivity contribution in [1.29, 1.82) is 0 Å². The number of aromatic nitrogens is 1. The Morgan fingerprint density at radius 2 is 1.89 bits per heavy atom. The number of carboxylic acids is 1. The van der Waals surface area contributed by atoms with Gasteiger partial charge in [-0.2, -0.15) is 0 Å². The van der Waals surface area contributed by atoms with Gasteiger partial charge in [0.25, 0.3) is 5.91 Å². The van der Waals surface area contributed by atoms with Gasteiger partial charge in [0, 0.05) is 40.7 Å². The van der Waals surface area contributed by atoms with E-state index < -0.39 is 5.97 Å². The van der Waals surface area contributed by atoms with Gasteiger partial charge in [0.2, 0.25) is 0 Å². The number of hydrogen-bond acceptors (Lipinski definition) is 5. The van der Waals surface area contributed by atoms with Crippen LogP contribution in [0.4, 0.5) is 4.39 Å². The number of aryl methyl sites for hydroxylation is 1. The quantitative estimate of drug-likeness (QED) is 0.404. The zero-order chi connectivity index (χ0) is 25.4. The number of hydrogen-bond donors (Lipinski definition) is 1. The Labute approximate surface area is 207 Å². The van der Waals surface area contributed by atoms with Crippen molar-refractivity contribution in [1.82, 2.24) is 9.63 Å². The van der Waals surface area contributed by atoms with Gasteiger partial charge in [0.05, 0.1) is 11.9 Å². The van der Waals surface area contributed by atoms with E-state index in [1.807, 2.05) is 26.0 Å². The molecule has 0 radical (unpaired) electrons. The minimum absolute atomic E-state index is 0.110. The molecule has 0 fully saturated rings. The first-order chi connectivity index (χ1) is 17.3. The SMILES string of the molecule is Cc1cc2c(CC(=O)O)cccc2n1C(=O)c1ccc(OCN2CC(C)c3ccc(F)cc3O2)cc1. The number of carbonyl (C=O) groups excluding carboxylic acids is 1. The Morgan fingerprint density at radius 1 is 1.11 bits per heavy atom. The lowest BCUT2D eigenvalue weighted by Crippen LogP contribution is -2.38. The topological polar surface area (TPSA) is 81.0 Å². The molecule has 36 heavy (non-hydrogen) atoms. The Hall–Kier alpha value is -4.17. The Balaban J connectivity index is 1.29. The number of carboxylic acid groups (broad SMARTS) is 1. The van der Waals surface area contributed by atoms with Crippen LogP contribution < -0.4 is 9.57 Å². The zero-order valence-corrected chi connectivity index (χ0v) is 19.9. The van der Waals surface area contributed by atoms with Crippen LogP contribution in [0.5, 0.6) is 11.5 Å². The number of nitrogens with zero attached hydrogens (tertiary/aromatic N) is 2. The van der Waals surface area contributed by atoms with Gasteiger partial charge < -0.3 is 14.7 Å². The average molecular weight is 489 g/mol. The maximum Gasteiger partial charge on any atom is 0.307 e. The van der Waals surface area contributed by atoms with Crippen LogP contribution in [0.25, 0.3) is 10.9 Å². The highest BCUT2D eigenvalue weighted by Gasteiger charge is 2.25. The molecule has 4 aromatic rings.